The van der Waals surface area contributed by atoms with Gasteiger partial charge < -0.3 is 9.88 Å². The molecule has 0 radical (unpaired) electrons. The molecule has 0 saturated carbocycles. The van der Waals surface area contributed by atoms with E-state index < -0.39 is 0 Å². The Labute approximate surface area is 126 Å². The van der Waals surface area contributed by atoms with E-state index in [0.29, 0.717) is 5.92 Å². The summed E-state index contributed by atoms with van der Waals surface area (Å²) in [7, 11) is 0. The van der Waals surface area contributed by atoms with E-state index in [1.807, 2.05) is 30.7 Å². The summed E-state index contributed by atoms with van der Waals surface area (Å²) >= 11 is 9.77. The van der Waals surface area contributed by atoms with Crippen LogP contribution in [0.2, 0.25) is 5.02 Å². The Morgan fingerprint density at radius 1 is 1.42 bits per heavy atom. The number of piperidine rings is 1. The fourth-order valence-corrected chi connectivity index (χ4v) is 3.35. The van der Waals surface area contributed by atoms with Crippen molar-refractivity contribution in [1.82, 2.24) is 14.9 Å². The molecule has 0 spiro atoms. The van der Waals surface area contributed by atoms with Gasteiger partial charge in [0.15, 0.2) is 0 Å². The molecular formula is C14H15BrClN3. The Morgan fingerprint density at radius 3 is 3.05 bits per heavy atom. The van der Waals surface area contributed by atoms with Crippen molar-refractivity contribution in [2.24, 2.45) is 0 Å². The maximum absolute atomic E-state index is 6.34. The molecule has 0 bridgehead atoms. The van der Waals surface area contributed by atoms with Crippen LogP contribution in [0.1, 0.15) is 24.5 Å². The number of hydrogen-bond acceptors (Lipinski definition) is 2. The minimum atomic E-state index is 0.510. The van der Waals surface area contributed by atoms with Crippen molar-refractivity contribution in [3.05, 3.63) is 45.9 Å². The van der Waals surface area contributed by atoms with E-state index in [1.54, 1.807) is 0 Å². The quantitative estimate of drug-likeness (QED) is 0.902. The van der Waals surface area contributed by atoms with Gasteiger partial charge in [-0.2, -0.15) is 0 Å². The van der Waals surface area contributed by atoms with E-state index >= 15 is 0 Å². The molecular weight excluding hydrogens is 326 g/mol. The third kappa shape index (κ3) is 2.71. The first-order chi connectivity index (χ1) is 9.25. The van der Waals surface area contributed by atoms with Crippen molar-refractivity contribution < 1.29 is 0 Å². The first kappa shape index (κ1) is 13.2. The second-order valence-corrected chi connectivity index (χ2v) is 6.15. The fourth-order valence-electron chi connectivity index (χ4n) is 2.59. The van der Waals surface area contributed by atoms with E-state index in [0.717, 1.165) is 28.3 Å². The Balaban J connectivity index is 1.99. The SMILES string of the molecule is Clc1cc(Br)ccc1-n1cncc1C1CCCNC1. The first-order valence-corrected chi connectivity index (χ1v) is 7.61. The van der Waals surface area contributed by atoms with E-state index in [2.05, 4.69) is 30.8 Å². The lowest BCUT2D eigenvalue weighted by atomic mass is 9.96. The number of rotatable bonds is 2. The molecule has 3 nitrogen and oxygen atoms in total. The molecule has 1 fully saturated rings. The highest BCUT2D eigenvalue weighted by atomic mass is 79.9. The van der Waals surface area contributed by atoms with Gasteiger partial charge in [-0.15, -0.1) is 0 Å². The predicted octanol–water partition coefficient (Wildman–Crippen LogP) is 3.76. The third-order valence-corrected chi connectivity index (χ3v) is 4.35. The van der Waals surface area contributed by atoms with Crippen molar-refractivity contribution in [3.8, 4) is 5.69 Å². The molecule has 0 aliphatic carbocycles. The molecule has 2 heterocycles. The zero-order chi connectivity index (χ0) is 13.2. The lowest BCUT2D eigenvalue weighted by molar-refractivity contribution is 0.451. The second kappa shape index (κ2) is 5.65. The topological polar surface area (TPSA) is 29.9 Å². The molecule has 100 valence electrons. The van der Waals surface area contributed by atoms with Gasteiger partial charge in [0.2, 0.25) is 0 Å². The van der Waals surface area contributed by atoms with Gasteiger partial charge in [0.05, 0.1) is 17.0 Å². The van der Waals surface area contributed by atoms with Crippen molar-refractivity contribution in [3.63, 3.8) is 0 Å². The molecule has 19 heavy (non-hydrogen) atoms. The molecule has 1 unspecified atom stereocenters. The molecule has 1 aromatic carbocycles. The summed E-state index contributed by atoms with van der Waals surface area (Å²) in [5.74, 6) is 0.510. The number of halogens is 2. The third-order valence-electron chi connectivity index (χ3n) is 3.55. The Bertz CT molecular complexity index is 576. The number of aromatic nitrogens is 2. The van der Waals surface area contributed by atoms with Crippen LogP contribution in [-0.4, -0.2) is 22.6 Å². The molecule has 1 atom stereocenters. The summed E-state index contributed by atoms with van der Waals surface area (Å²) < 4.78 is 3.09. The van der Waals surface area contributed by atoms with Crippen molar-refractivity contribution >= 4 is 27.5 Å². The smallest absolute Gasteiger partial charge is 0.0994 e. The van der Waals surface area contributed by atoms with E-state index in [-0.39, 0.29) is 0 Å². The van der Waals surface area contributed by atoms with Gasteiger partial charge in [-0.3, -0.25) is 0 Å². The van der Waals surface area contributed by atoms with Crippen LogP contribution in [0.5, 0.6) is 0 Å². The number of imidazole rings is 1. The molecule has 5 heteroatoms. The molecule has 1 N–H and O–H groups in total. The Morgan fingerprint density at radius 2 is 2.32 bits per heavy atom. The highest BCUT2D eigenvalue weighted by Gasteiger charge is 2.20. The Kier molecular flexibility index (Phi) is 3.91. The van der Waals surface area contributed by atoms with Gasteiger partial charge in [0.1, 0.15) is 0 Å². The van der Waals surface area contributed by atoms with Crippen LogP contribution in [-0.2, 0) is 0 Å². The molecule has 1 saturated heterocycles. The maximum Gasteiger partial charge on any atom is 0.0994 e. The van der Waals surface area contributed by atoms with Gasteiger partial charge in [0, 0.05) is 28.8 Å². The van der Waals surface area contributed by atoms with Crippen LogP contribution < -0.4 is 5.32 Å². The minimum absolute atomic E-state index is 0.510. The highest BCUT2D eigenvalue weighted by Crippen LogP contribution is 2.29. The molecule has 0 amide bonds. The zero-order valence-electron chi connectivity index (χ0n) is 10.4. The number of hydrogen-bond donors (Lipinski definition) is 1. The predicted molar refractivity (Wildman–Crippen MR) is 81.1 cm³/mol. The molecule has 1 aliphatic rings. The zero-order valence-corrected chi connectivity index (χ0v) is 12.8. The summed E-state index contributed by atoms with van der Waals surface area (Å²) in [6.07, 6.45) is 6.21. The highest BCUT2D eigenvalue weighted by molar-refractivity contribution is 9.10. The number of nitrogens with one attached hydrogen (secondary N) is 1. The number of benzene rings is 1. The monoisotopic (exact) mass is 339 g/mol. The van der Waals surface area contributed by atoms with Crippen molar-refractivity contribution in [2.75, 3.05) is 13.1 Å². The minimum Gasteiger partial charge on any atom is -0.316 e. The van der Waals surface area contributed by atoms with Crippen LogP contribution in [0.15, 0.2) is 35.2 Å². The maximum atomic E-state index is 6.34. The summed E-state index contributed by atoms with van der Waals surface area (Å²) in [6, 6.07) is 5.94. The molecule has 1 aromatic heterocycles. The van der Waals surface area contributed by atoms with Gasteiger partial charge in [0.25, 0.3) is 0 Å². The lowest BCUT2D eigenvalue weighted by Gasteiger charge is -2.24. The summed E-state index contributed by atoms with van der Waals surface area (Å²) in [5.41, 5.74) is 2.22. The standard InChI is InChI=1S/C14H15BrClN3/c15-11-3-4-13(12(16)6-11)19-9-18-8-14(19)10-2-1-5-17-7-10/h3-4,6,8-10,17H,1-2,5,7H2. The van der Waals surface area contributed by atoms with Gasteiger partial charge in [-0.05, 0) is 37.6 Å². The van der Waals surface area contributed by atoms with Crippen molar-refractivity contribution in [2.45, 2.75) is 18.8 Å². The van der Waals surface area contributed by atoms with Crippen LogP contribution >= 0.6 is 27.5 Å². The van der Waals surface area contributed by atoms with Crippen LogP contribution in [0.25, 0.3) is 5.69 Å². The molecule has 2 aromatic rings. The Hall–Kier alpha value is -0.840. The normalized spacial score (nSPS) is 19.6. The van der Waals surface area contributed by atoms with E-state index in [1.165, 1.54) is 18.5 Å². The number of nitrogens with zero attached hydrogens (tertiary/aromatic N) is 2. The summed E-state index contributed by atoms with van der Waals surface area (Å²) in [6.45, 7) is 2.13. The van der Waals surface area contributed by atoms with Gasteiger partial charge in [-0.25, -0.2) is 4.98 Å². The largest absolute Gasteiger partial charge is 0.316 e. The summed E-state index contributed by atoms with van der Waals surface area (Å²) in [4.78, 5) is 4.30. The van der Waals surface area contributed by atoms with E-state index in [4.69, 9.17) is 11.6 Å². The van der Waals surface area contributed by atoms with Crippen LogP contribution in [0.3, 0.4) is 0 Å². The average molecular weight is 341 g/mol. The van der Waals surface area contributed by atoms with Crippen molar-refractivity contribution in [1.29, 1.82) is 0 Å². The van der Waals surface area contributed by atoms with Crippen LogP contribution in [0, 0.1) is 0 Å². The van der Waals surface area contributed by atoms with E-state index in [9.17, 15) is 0 Å². The molecule has 3 rings (SSSR count). The molecule has 1 aliphatic heterocycles. The van der Waals surface area contributed by atoms with Gasteiger partial charge >= 0.3 is 0 Å². The lowest BCUT2D eigenvalue weighted by Crippen LogP contribution is -2.29. The van der Waals surface area contributed by atoms with Crippen LogP contribution in [0.4, 0.5) is 0 Å². The fraction of sp³-hybridized carbons (Fsp3) is 0.357. The first-order valence-electron chi connectivity index (χ1n) is 6.44. The van der Waals surface area contributed by atoms with Gasteiger partial charge in [-0.1, -0.05) is 27.5 Å². The average Bonchev–Trinajstić information content (AvgIpc) is 2.89. The summed E-state index contributed by atoms with van der Waals surface area (Å²) in [5, 5.41) is 4.18. The second-order valence-electron chi connectivity index (χ2n) is 4.83.